The molecule has 152 valence electrons. The number of halogens is 1. The Morgan fingerprint density at radius 2 is 2.03 bits per heavy atom. The maximum Gasteiger partial charge on any atom is 0.300 e. The van der Waals surface area contributed by atoms with Gasteiger partial charge < -0.3 is 9.87 Å². The van der Waals surface area contributed by atoms with Crippen LogP contribution in [0.5, 0.6) is 0 Å². The number of benzene rings is 1. The van der Waals surface area contributed by atoms with E-state index in [1.807, 2.05) is 0 Å². The van der Waals surface area contributed by atoms with Crippen molar-refractivity contribution in [1.82, 2.24) is 19.8 Å². The summed E-state index contributed by atoms with van der Waals surface area (Å²) >= 11 is 3.90. The zero-order valence-corrected chi connectivity index (χ0v) is 17.1. The molecule has 3 saturated carbocycles. The van der Waals surface area contributed by atoms with Crippen LogP contribution >= 0.6 is 11.6 Å². The number of carbonyl (C=O) groups is 1. The minimum absolute atomic E-state index is 0.104. The van der Waals surface area contributed by atoms with Gasteiger partial charge in [-0.1, -0.05) is 23.7 Å². The van der Waals surface area contributed by atoms with E-state index in [9.17, 15) is 13.6 Å². The summed E-state index contributed by atoms with van der Waals surface area (Å²) in [6, 6.07) is 6.70. The Morgan fingerprint density at radius 3 is 2.69 bits per heavy atom. The predicted molar refractivity (Wildman–Crippen MR) is 109 cm³/mol. The van der Waals surface area contributed by atoms with Gasteiger partial charge in [-0.25, -0.2) is 4.98 Å². The first-order valence-electron chi connectivity index (χ1n) is 9.61. The second-order valence-corrected chi connectivity index (χ2v) is 9.18. The van der Waals surface area contributed by atoms with Gasteiger partial charge >= 0.3 is 0 Å². The molecule has 6 rings (SSSR count). The fourth-order valence-corrected chi connectivity index (χ4v) is 5.36. The molecule has 3 aliphatic carbocycles. The molecule has 2 N–H and O–H groups in total. The van der Waals surface area contributed by atoms with Gasteiger partial charge in [0.15, 0.2) is 11.5 Å². The summed E-state index contributed by atoms with van der Waals surface area (Å²) in [6.45, 7) is 0. The predicted octanol–water partition coefficient (Wildman–Crippen LogP) is 4.01. The number of nitrogens with one attached hydrogen (secondary N) is 2. The molecule has 0 saturated heterocycles. The lowest BCUT2D eigenvalue weighted by Crippen LogP contribution is -2.38. The summed E-state index contributed by atoms with van der Waals surface area (Å²) in [5, 5.41) is 9.72. The lowest BCUT2D eigenvalue weighted by atomic mass is 9.59. The lowest BCUT2D eigenvalue weighted by Gasteiger charge is -2.46. The van der Waals surface area contributed by atoms with E-state index in [2.05, 4.69) is 20.5 Å². The molecule has 3 fully saturated rings. The van der Waals surface area contributed by atoms with E-state index in [0.717, 1.165) is 30.9 Å². The Balaban J connectivity index is 1.47. The second-order valence-electron chi connectivity index (χ2n) is 7.96. The Bertz CT molecular complexity index is 1120. The Hall–Kier alpha value is -2.23. The molecule has 1 amide bonds. The van der Waals surface area contributed by atoms with Crippen LogP contribution in [0.15, 0.2) is 24.3 Å². The third-order valence-electron chi connectivity index (χ3n) is 6.38. The summed E-state index contributed by atoms with van der Waals surface area (Å²) in [4.78, 5) is 16.0. The van der Waals surface area contributed by atoms with Crippen molar-refractivity contribution in [2.24, 2.45) is 5.92 Å². The highest BCUT2D eigenvalue weighted by Crippen LogP contribution is 2.53. The fraction of sp³-hybridized carbons (Fsp3) is 0.421. The number of H-pyrrole nitrogens is 1. The van der Waals surface area contributed by atoms with E-state index in [4.69, 9.17) is 11.6 Å². The van der Waals surface area contributed by atoms with Gasteiger partial charge in [0.25, 0.3) is 5.24 Å². The minimum atomic E-state index is -2.84. The number of nitrogens with zero attached hydrogens (tertiary/aromatic N) is 3. The van der Waals surface area contributed by atoms with Crippen molar-refractivity contribution in [3.63, 3.8) is 0 Å². The smallest absolute Gasteiger partial charge is 0.300 e. The minimum Gasteiger partial charge on any atom is -0.765 e. The van der Waals surface area contributed by atoms with Crippen LogP contribution in [0.3, 0.4) is 0 Å². The van der Waals surface area contributed by atoms with Gasteiger partial charge in [0.05, 0.1) is 5.69 Å². The van der Waals surface area contributed by atoms with Crippen molar-refractivity contribution in [3.05, 3.63) is 35.0 Å². The number of rotatable bonds is 3. The average Bonchev–Trinajstić information content (AvgIpc) is 3.29. The number of aromatic nitrogens is 4. The summed E-state index contributed by atoms with van der Waals surface area (Å²) in [6.07, 6.45) is 7.21. The zero-order chi connectivity index (χ0) is 20.2. The van der Waals surface area contributed by atoms with Crippen LogP contribution in [0.4, 0.5) is 10.5 Å². The van der Waals surface area contributed by atoms with E-state index in [1.54, 1.807) is 28.9 Å². The number of amides is 1. The van der Waals surface area contributed by atoms with Crippen molar-refractivity contribution in [2.75, 3.05) is 5.32 Å². The second kappa shape index (κ2) is 6.93. The molecule has 1 unspecified atom stereocenters. The van der Waals surface area contributed by atoms with Crippen LogP contribution in [-0.4, -0.2) is 33.8 Å². The normalized spacial score (nSPS) is 24.7. The van der Waals surface area contributed by atoms with E-state index in [-0.39, 0.29) is 5.41 Å². The molecular weight excluding hydrogens is 414 g/mol. The quantitative estimate of drug-likeness (QED) is 0.606. The van der Waals surface area contributed by atoms with Gasteiger partial charge in [-0.3, -0.25) is 14.1 Å². The molecule has 10 heteroatoms. The Morgan fingerprint density at radius 1 is 1.31 bits per heavy atom. The van der Waals surface area contributed by atoms with E-state index < -0.39 is 16.3 Å². The standard InChI is InChI=1S/C19H20ClN5O3S/c20-14-15(19-7-4-11(5-8-19)6-9-19)23-25-17(14)22-16(24-25)12-2-1-3-13(10-12)21-18(26)29(27)28/h1-3,10-11,23H,4-9H2,(H,21,26)(H,27,28)/p-1. The maximum atomic E-state index is 11.4. The molecule has 29 heavy (non-hydrogen) atoms. The van der Waals surface area contributed by atoms with Crippen molar-refractivity contribution in [2.45, 2.75) is 43.9 Å². The Labute approximate surface area is 174 Å². The number of anilines is 1. The molecule has 0 aliphatic heterocycles. The fourth-order valence-electron chi connectivity index (χ4n) is 4.79. The molecule has 2 bridgehead atoms. The van der Waals surface area contributed by atoms with Crippen LogP contribution in [0, 0.1) is 5.92 Å². The highest BCUT2D eigenvalue weighted by atomic mass is 35.5. The summed E-state index contributed by atoms with van der Waals surface area (Å²) in [7, 11) is 0. The lowest BCUT2D eigenvalue weighted by molar-refractivity contribution is 0.132. The maximum absolute atomic E-state index is 11.4. The van der Waals surface area contributed by atoms with Crippen LogP contribution in [0.1, 0.15) is 44.2 Å². The largest absolute Gasteiger partial charge is 0.765 e. The van der Waals surface area contributed by atoms with Gasteiger partial charge in [-0.2, -0.15) is 4.63 Å². The van der Waals surface area contributed by atoms with Crippen LogP contribution < -0.4 is 5.32 Å². The van der Waals surface area contributed by atoms with Gasteiger partial charge in [0, 0.05) is 27.7 Å². The van der Waals surface area contributed by atoms with Gasteiger partial charge in [0.2, 0.25) is 0 Å². The van der Waals surface area contributed by atoms with E-state index >= 15 is 0 Å². The van der Waals surface area contributed by atoms with Crippen LogP contribution in [0.2, 0.25) is 5.02 Å². The van der Waals surface area contributed by atoms with E-state index in [1.165, 1.54) is 19.3 Å². The SMILES string of the molecule is O=C(Nc1cccc(-c2nc3c(Cl)c(C45CCC(CC4)CC5)[nH]n3n2)c1)S(=O)[O-]. The number of hydrogen-bond acceptors (Lipinski definition) is 5. The number of carbonyl (C=O) groups excluding carboxylic acids is 1. The van der Waals surface area contributed by atoms with Crippen LogP contribution in [0.25, 0.3) is 17.0 Å². The number of fused-ring (bicyclic) bond motifs is 4. The van der Waals surface area contributed by atoms with Gasteiger partial charge in [-0.05, 0) is 56.6 Å². The van der Waals surface area contributed by atoms with Crippen molar-refractivity contribution >= 4 is 39.3 Å². The van der Waals surface area contributed by atoms with Crippen LogP contribution in [-0.2, 0) is 16.5 Å². The first kappa shape index (κ1) is 18.8. The molecule has 2 heterocycles. The molecular formula is C19H19ClN5O3S-. The number of aromatic amines is 1. The highest BCUT2D eigenvalue weighted by molar-refractivity contribution is 7.95. The molecule has 0 radical (unpaired) electrons. The number of hydrogen-bond donors (Lipinski definition) is 2. The van der Waals surface area contributed by atoms with Gasteiger partial charge in [0.1, 0.15) is 5.02 Å². The molecule has 0 spiro atoms. The van der Waals surface area contributed by atoms with Crippen molar-refractivity contribution in [1.29, 1.82) is 0 Å². The molecule has 3 aromatic rings. The summed E-state index contributed by atoms with van der Waals surface area (Å²) in [5.41, 5.74) is 2.71. The first-order chi connectivity index (χ1) is 13.9. The zero-order valence-electron chi connectivity index (χ0n) is 15.5. The van der Waals surface area contributed by atoms with Gasteiger partial charge in [-0.15, -0.1) is 5.10 Å². The third-order valence-corrected chi connectivity index (χ3v) is 7.15. The first-order valence-corrected chi connectivity index (χ1v) is 11.1. The summed E-state index contributed by atoms with van der Waals surface area (Å²) < 4.78 is 23.1. The van der Waals surface area contributed by atoms with Crippen molar-refractivity contribution in [3.8, 4) is 11.4 Å². The summed E-state index contributed by atoms with van der Waals surface area (Å²) in [5.74, 6) is 1.31. The monoisotopic (exact) mass is 432 g/mol. The van der Waals surface area contributed by atoms with Crippen molar-refractivity contribution < 1.29 is 13.6 Å². The van der Waals surface area contributed by atoms with E-state index in [0.29, 0.717) is 27.7 Å². The average molecular weight is 433 g/mol. The molecule has 3 aliphatic rings. The molecule has 2 aromatic heterocycles. The molecule has 8 nitrogen and oxygen atoms in total. The third kappa shape index (κ3) is 3.17. The topological polar surface area (TPSA) is 115 Å². The highest BCUT2D eigenvalue weighted by Gasteiger charge is 2.44. The molecule has 1 atom stereocenters. The molecule has 1 aromatic carbocycles. The Kier molecular flexibility index (Phi) is 4.49.